The summed E-state index contributed by atoms with van der Waals surface area (Å²) in [5.74, 6) is 0. The molecule has 2 N–H and O–H groups in total. The van der Waals surface area contributed by atoms with E-state index in [9.17, 15) is 8.42 Å². The molecule has 0 saturated carbocycles. The number of hydrogen-bond acceptors (Lipinski definition) is 4. The molecule has 16 heavy (non-hydrogen) atoms. The quantitative estimate of drug-likeness (QED) is 0.771. The molecule has 0 bridgehead atoms. The number of nitrogens with zero attached hydrogens (tertiary/aromatic N) is 1. The Hall–Kier alpha value is -0.690. The minimum absolute atomic E-state index is 0.0411. The lowest BCUT2D eigenvalue weighted by molar-refractivity contribution is 0.254. The summed E-state index contributed by atoms with van der Waals surface area (Å²) in [6, 6.07) is 2.11. The van der Waals surface area contributed by atoms with E-state index < -0.39 is 16.1 Å². The molecule has 0 spiro atoms. The molecule has 0 aliphatic heterocycles. The maximum absolute atomic E-state index is 11.8. The van der Waals surface area contributed by atoms with Crippen molar-refractivity contribution in [1.82, 2.24) is 9.71 Å². The maximum atomic E-state index is 11.8. The number of pyridine rings is 1. The van der Waals surface area contributed by atoms with Gasteiger partial charge in [0.2, 0.25) is 10.0 Å². The molecule has 1 aromatic rings. The summed E-state index contributed by atoms with van der Waals surface area (Å²) in [4.78, 5) is 3.74. The smallest absolute Gasteiger partial charge is 0.241 e. The van der Waals surface area contributed by atoms with Gasteiger partial charge in [0, 0.05) is 12.2 Å². The van der Waals surface area contributed by atoms with Gasteiger partial charge in [0.25, 0.3) is 0 Å². The summed E-state index contributed by atoms with van der Waals surface area (Å²) in [5.41, 5.74) is 0. The van der Waals surface area contributed by atoms with E-state index in [1.165, 1.54) is 18.3 Å². The first-order chi connectivity index (χ1) is 7.49. The van der Waals surface area contributed by atoms with E-state index >= 15 is 0 Å². The highest BCUT2D eigenvalue weighted by Gasteiger charge is 2.18. The average Bonchev–Trinajstić information content (AvgIpc) is 2.26. The van der Waals surface area contributed by atoms with Crippen LogP contribution in [-0.2, 0) is 10.0 Å². The Balaban J connectivity index is 2.94. The van der Waals surface area contributed by atoms with Crippen molar-refractivity contribution in [2.75, 3.05) is 6.61 Å². The van der Waals surface area contributed by atoms with Gasteiger partial charge in [0.05, 0.1) is 11.5 Å². The third-order valence-corrected chi connectivity index (χ3v) is 3.77. The lowest BCUT2D eigenvalue weighted by atomic mass is 10.3. The molecule has 0 aliphatic carbocycles. The van der Waals surface area contributed by atoms with Crippen molar-refractivity contribution >= 4 is 21.6 Å². The van der Waals surface area contributed by atoms with Gasteiger partial charge < -0.3 is 5.11 Å². The second-order valence-electron chi connectivity index (χ2n) is 3.22. The standard InChI is InChI=1S/C9H13ClN2O3S/c1-2-7(6-13)12-16(14,15)8-3-4-11-9(10)5-8/h3-5,7,12-13H,2,6H2,1H3. The first-order valence-electron chi connectivity index (χ1n) is 4.74. The molecule has 1 atom stereocenters. The molecular formula is C9H13ClN2O3S. The van der Waals surface area contributed by atoms with Crippen molar-refractivity contribution in [2.24, 2.45) is 0 Å². The molecule has 0 amide bonds. The Bertz CT molecular complexity index is 446. The minimum Gasteiger partial charge on any atom is -0.395 e. The number of aliphatic hydroxyl groups is 1. The van der Waals surface area contributed by atoms with E-state index in [1.54, 1.807) is 6.92 Å². The predicted octanol–water partition coefficient (Wildman–Crippen LogP) is 0.784. The van der Waals surface area contributed by atoms with E-state index in [4.69, 9.17) is 16.7 Å². The second kappa shape index (κ2) is 5.58. The number of halogens is 1. The molecule has 5 nitrogen and oxygen atoms in total. The molecule has 0 radical (unpaired) electrons. The molecular weight excluding hydrogens is 252 g/mol. The molecule has 0 saturated heterocycles. The first kappa shape index (κ1) is 13.4. The second-order valence-corrected chi connectivity index (χ2v) is 5.32. The minimum atomic E-state index is -3.64. The maximum Gasteiger partial charge on any atom is 0.241 e. The predicted molar refractivity (Wildman–Crippen MR) is 60.7 cm³/mol. The number of sulfonamides is 1. The van der Waals surface area contributed by atoms with E-state index in [2.05, 4.69) is 9.71 Å². The molecule has 1 aromatic heterocycles. The molecule has 0 fully saturated rings. The molecule has 7 heteroatoms. The van der Waals surface area contributed by atoms with Gasteiger partial charge in [-0.1, -0.05) is 18.5 Å². The fraction of sp³-hybridized carbons (Fsp3) is 0.444. The average molecular weight is 265 g/mol. The van der Waals surface area contributed by atoms with Crippen LogP contribution in [0.5, 0.6) is 0 Å². The van der Waals surface area contributed by atoms with Crippen LogP contribution < -0.4 is 4.72 Å². The van der Waals surface area contributed by atoms with Gasteiger partial charge in [-0.15, -0.1) is 0 Å². The van der Waals surface area contributed by atoms with Crippen molar-refractivity contribution in [3.05, 3.63) is 23.5 Å². The van der Waals surface area contributed by atoms with E-state index in [1.807, 2.05) is 0 Å². The number of nitrogens with one attached hydrogen (secondary N) is 1. The van der Waals surface area contributed by atoms with Crippen LogP contribution >= 0.6 is 11.6 Å². The van der Waals surface area contributed by atoms with E-state index in [0.29, 0.717) is 6.42 Å². The van der Waals surface area contributed by atoms with Gasteiger partial charge in [-0.2, -0.15) is 0 Å². The Morgan fingerprint density at radius 2 is 2.31 bits per heavy atom. The van der Waals surface area contributed by atoms with Crippen molar-refractivity contribution in [1.29, 1.82) is 0 Å². The summed E-state index contributed by atoms with van der Waals surface area (Å²) >= 11 is 5.60. The highest BCUT2D eigenvalue weighted by molar-refractivity contribution is 7.89. The highest BCUT2D eigenvalue weighted by Crippen LogP contribution is 2.13. The Kier molecular flexibility index (Phi) is 4.67. The van der Waals surface area contributed by atoms with Crippen molar-refractivity contribution in [2.45, 2.75) is 24.3 Å². The zero-order valence-electron chi connectivity index (χ0n) is 8.72. The van der Waals surface area contributed by atoms with Gasteiger partial charge in [-0.3, -0.25) is 0 Å². The number of aromatic nitrogens is 1. The van der Waals surface area contributed by atoms with Crippen LogP contribution in [0.1, 0.15) is 13.3 Å². The fourth-order valence-electron chi connectivity index (χ4n) is 1.09. The summed E-state index contributed by atoms with van der Waals surface area (Å²) in [5, 5.41) is 9.04. The van der Waals surface area contributed by atoms with Crippen LogP contribution in [0.25, 0.3) is 0 Å². The molecule has 90 valence electrons. The summed E-state index contributed by atoms with van der Waals surface area (Å²) in [6.07, 6.45) is 1.82. The monoisotopic (exact) mass is 264 g/mol. The molecule has 0 aromatic carbocycles. The topological polar surface area (TPSA) is 79.3 Å². The normalized spacial score (nSPS) is 13.7. The van der Waals surface area contributed by atoms with Gasteiger partial charge >= 0.3 is 0 Å². The summed E-state index contributed by atoms with van der Waals surface area (Å²) < 4.78 is 26.0. The Labute approximate surface area is 99.5 Å². The van der Waals surface area contributed by atoms with Gasteiger partial charge in [0.15, 0.2) is 0 Å². The summed E-state index contributed by atoms with van der Waals surface area (Å²) in [7, 11) is -3.64. The van der Waals surface area contributed by atoms with Crippen molar-refractivity contribution < 1.29 is 13.5 Å². The van der Waals surface area contributed by atoms with Crippen LogP contribution in [0.15, 0.2) is 23.2 Å². The molecule has 1 rings (SSSR count). The van der Waals surface area contributed by atoms with Gasteiger partial charge in [-0.05, 0) is 18.6 Å². The Morgan fingerprint density at radius 1 is 1.62 bits per heavy atom. The van der Waals surface area contributed by atoms with Crippen LogP contribution in [0, 0.1) is 0 Å². The third kappa shape index (κ3) is 3.41. The van der Waals surface area contributed by atoms with E-state index in [-0.39, 0.29) is 16.7 Å². The van der Waals surface area contributed by atoms with E-state index in [0.717, 1.165) is 0 Å². The van der Waals surface area contributed by atoms with Gasteiger partial charge in [-0.25, -0.2) is 18.1 Å². The zero-order chi connectivity index (χ0) is 12.2. The van der Waals surface area contributed by atoms with Crippen LogP contribution in [0.4, 0.5) is 0 Å². The number of rotatable bonds is 5. The molecule has 1 heterocycles. The van der Waals surface area contributed by atoms with Crippen molar-refractivity contribution in [3.63, 3.8) is 0 Å². The zero-order valence-corrected chi connectivity index (χ0v) is 10.3. The first-order valence-corrected chi connectivity index (χ1v) is 6.60. The fourth-order valence-corrected chi connectivity index (χ4v) is 2.65. The largest absolute Gasteiger partial charge is 0.395 e. The van der Waals surface area contributed by atoms with Crippen LogP contribution in [0.2, 0.25) is 5.15 Å². The SMILES string of the molecule is CCC(CO)NS(=O)(=O)c1ccnc(Cl)c1. The van der Waals surface area contributed by atoms with Crippen LogP contribution in [0.3, 0.4) is 0 Å². The Morgan fingerprint density at radius 3 is 2.81 bits per heavy atom. The number of aliphatic hydroxyl groups excluding tert-OH is 1. The lowest BCUT2D eigenvalue weighted by Crippen LogP contribution is -2.36. The molecule has 0 aliphatic rings. The summed E-state index contributed by atoms with van der Waals surface area (Å²) in [6.45, 7) is 1.54. The molecule has 1 unspecified atom stereocenters. The number of hydrogen-bond donors (Lipinski definition) is 2. The van der Waals surface area contributed by atoms with Gasteiger partial charge in [0.1, 0.15) is 5.15 Å². The van der Waals surface area contributed by atoms with Crippen molar-refractivity contribution in [3.8, 4) is 0 Å². The lowest BCUT2D eigenvalue weighted by Gasteiger charge is -2.14. The highest BCUT2D eigenvalue weighted by atomic mass is 35.5. The van der Waals surface area contributed by atoms with Crippen LogP contribution in [-0.4, -0.2) is 31.2 Å². The third-order valence-electron chi connectivity index (χ3n) is 2.04.